The summed E-state index contributed by atoms with van der Waals surface area (Å²) in [5.41, 5.74) is 1.43. The van der Waals surface area contributed by atoms with E-state index in [9.17, 15) is 9.18 Å². The summed E-state index contributed by atoms with van der Waals surface area (Å²) in [6.45, 7) is 3.25. The van der Waals surface area contributed by atoms with E-state index >= 15 is 0 Å². The van der Waals surface area contributed by atoms with Crippen molar-refractivity contribution >= 4 is 28.6 Å². The molecule has 0 radical (unpaired) electrons. The predicted octanol–water partition coefficient (Wildman–Crippen LogP) is 5.19. The molecule has 2 heterocycles. The first-order valence-corrected chi connectivity index (χ1v) is 10.8. The standard InChI is InChI=1S/C23H22FN3O2S/c1-16-25-12-14-27(16)13-6-11-26-23(28)22-18(17-7-2-4-9-20(17)29-22)15-30-21-10-5-3-8-19(21)24/h2-5,7-10,12,14H,6,11,13,15H2,1H3,(H,26,28). The van der Waals surface area contributed by atoms with Gasteiger partial charge in [0.15, 0.2) is 5.76 Å². The number of carbonyl (C=O) groups is 1. The van der Waals surface area contributed by atoms with Crippen LogP contribution in [-0.2, 0) is 12.3 Å². The number of amides is 1. The molecule has 7 heteroatoms. The largest absolute Gasteiger partial charge is 0.451 e. The minimum absolute atomic E-state index is 0.252. The molecule has 0 aliphatic rings. The molecule has 0 spiro atoms. The monoisotopic (exact) mass is 423 g/mol. The molecule has 0 aliphatic heterocycles. The van der Waals surface area contributed by atoms with Crippen LogP contribution in [0.5, 0.6) is 0 Å². The fraction of sp³-hybridized carbons (Fsp3) is 0.217. The number of aromatic nitrogens is 2. The van der Waals surface area contributed by atoms with E-state index in [0.717, 1.165) is 29.7 Å². The highest BCUT2D eigenvalue weighted by Gasteiger charge is 2.20. The Balaban J connectivity index is 1.47. The number of carbonyl (C=O) groups excluding carboxylic acids is 1. The van der Waals surface area contributed by atoms with Crippen molar-refractivity contribution in [2.24, 2.45) is 0 Å². The smallest absolute Gasteiger partial charge is 0.287 e. The molecule has 0 aliphatic carbocycles. The second-order valence-electron chi connectivity index (χ2n) is 6.90. The normalized spacial score (nSPS) is 11.1. The third kappa shape index (κ3) is 4.41. The van der Waals surface area contributed by atoms with Crippen LogP contribution in [0.2, 0.25) is 0 Å². The van der Waals surface area contributed by atoms with Gasteiger partial charge in [-0.15, -0.1) is 11.8 Å². The summed E-state index contributed by atoms with van der Waals surface area (Å²) in [6, 6.07) is 14.2. The van der Waals surface area contributed by atoms with Crippen LogP contribution < -0.4 is 5.32 Å². The molecule has 1 amide bonds. The van der Waals surface area contributed by atoms with Gasteiger partial charge in [-0.05, 0) is 31.5 Å². The van der Waals surface area contributed by atoms with Crippen molar-refractivity contribution in [3.05, 3.63) is 83.9 Å². The number of rotatable bonds is 8. The lowest BCUT2D eigenvalue weighted by Crippen LogP contribution is -2.25. The molecule has 0 unspecified atom stereocenters. The maximum atomic E-state index is 14.0. The SMILES string of the molecule is Cc1nccn1CCCNC(=O)c1oc2ccccc2c1CSc1ccccc1F. The summed E-state index contributed by atoms with van der Waals surface area (Å²) < 4.78 is 21.9. The number of halogens is 1. The zero-order chi connectivity index (χ0) is 20.9. The number of benzene rings is 2. The maximum Gasteiger partial charge on any atom is 0.287 e. The molecule has 2 aromatic carbocycles. The Labute approximate surface area is 178 Å². The molecule has 4 rings (SSSR count). The minimum atomic E-state index is -0.268. The highest BCUT2D eigenvalue weighted by Crippen LogP contribution is 2.33. The third-order valence-corrected chi connectivity index (χ3v) is 5.97. The van der Waals surface area contributed by atoms with E-state index in [4.69, 9.17) is 4.42 Å². The summed E-state index contributed by atoms with van der Waals surface area (Å²) in [6.07, 6.45) is 4.47. The highest BCUT2D eigenvalue weighted by atomic mass is 32.2. The lowest BCUT2D eigenvalue weighted by atomic mass is 10.1. The van der Waals surface area contributed by atoms with Gasteiger partial charge in [-0.1, -0.05) is 30.3 Å². The molecule has 0 saturated heterocycles. The van der Waals surface area contributed by atoms with Gasteiger partial charge < -0.3 is 14.3 Å². The van der Waals surface area contributed by atoms with Crippen LogP contribution >= 0.6 is 11.8 Å². The van der Waals surface area contributed by atoms with E-state index in [1.807, 2.05) is 42.0 Å². The average molecular weight is 424 g/mol. The van der Waals surface area contributed by atoms with Crippen LogP contribution in [0.4, 0.5) is 4.39 Å². The van der Waals surface area contributed by atoms with Gasteiger partial charge in [-0.25, -0.2) is 9.37 Å². The number of aryl methyl sites for hydroxylation is 2. The van der Waals surface area contributed by atoms with Gasteiger partial charge in [-0.3, -0.25) is 4.79 Å². The van der Waals surface area contributed by atoms with E-state index < -0.39 is 0 Å². The number of nitrogens with one attached hydrogen (secondary N) is 1. The Hall–Kier alpha value is -3.06. The molecule has 0 saturated carbocycles. The van der Waals surface area contributed by atoms with Crippen molar-refractivity contribution in [1.29, 1.82) is 0 Å². The van der Waals surface area contributed by atoms with Crippen LogP contribution in [0.1, 0.15) is 28.4 Å². The van der Waals surface area contributed by atoms with Crippen molar-refractivity contribution in [2.45, 2.75) is 30.5 Å². The number of thioether (sulfide) groups is 1. The number of hydrogen-bond acceptors (Lipinski definition) is 4. The molecule has 154 valence electrons. The fourth-order valence-electron chi connectivity index (χ4n) is 3.31. The molecular formula is C23H22FN3O2S. The van der Waals surface area contributed by atoms with Gasteiger partial charge in [0.2, 0.25) is 0 Å². The van der Waals surface area contributed by atoms with E-state index in [1.54, 1.807) is 24.4 Å². The Morgan fingerprint density at radius 2 is 2.00 bits per heavy atom. The first-order chi connectivity index (χ1) is 14.6. The van der Waals surface area contributed by atoms with Gasteiger partial charge in [-0.2, -0.15) is 0 Å². The molecule has 30 heavy (non-hydrogen) atoms. The van der Waals surface area contributed by atoms with Gasteiger partial charge in [0.1, 0.15) is 17.2 Å². The summed E-state index contributed by atoms with van der Waals surface area (Å²) in [5.74, 6) is 1.16. The van der Waals surface area contributed by atoms with Crippen LogP contribution in [0, 0.1) is 12.7 Å². The first-order valence-electron chi connectivity index (χ1n) is 9.77. The Bertz CT molecular complexity index is 1170. The molecule has 0 fully saturated rings. The first kappa shape index (κ1) is 20.2. The lowest BCUT2D eigenvalue weighted by molar-refractivity contribution is 0.0926. The predicted molar refractivity (Wildman–Crippen MR) is 116 cm³/mol. The van der Waals surface area contributed by atoms with Crippen LogP contribution in [-0.4, -0.2) is 22.0 Å². The zero-order valence-corrected chi connectivity index (χ0v) is 17.4. The highest BCUT2D eigenvalue weighted by molar-refractivity contribution is 7.98. The van der Waals surface area contributed by atoms with Gasteiger partial charge >= 0.3 is 0 Å². The van der Waals surface area contributed by atoms with E-state index in [2.05, 4.69) is 10.3 Å². The fourth-order valence-corrected chi connectivity index (χ4v) is 4.28. The van der Waals surface area contributed by atoms with Crippen molar-refractivity contribution in [1.82, 2.24) is 14.9 Å². The van der Waals surface area contributed by atoms with E-state index in [0.29, 0.717) is 28.5 Å². The summed E-state index contributed by atoms with van der Waals surface area (Å²) in [7, 11) is 0. The second-order valence-corrected chi connectivity index (χ2v) is 7.92. The third-order valence-electron chi connectivity index (χ3n) is 4.90. The van der Waals surface area contributed by atoms with E-state index in [-0.39, 0.29) is 11.7 Å². The summed E-state index contributed by atoms with van der Waals surface area (Å²) in [4.78, 5) is 17.6. The van der Waals surface area contributed by atoms with E-state index in [1.165, 1.54) is 17.8 Å². The quantitative estimate of drug-likeness (QED) is 0.313. The number of hydrogen-bond donors (Lipinski definition) is 1. The molecule has 0 bridgehead atoms. The molecule has 1 N–H and O–H groups in total. The molecule has 5 nitrogen and oxygen atoms in total. The second kappa shape index (κ2) is 9.17. The van der Waals surface area contributed by atoms with Gasteiger partial charge in [0.25, 0.3) is 5.91 Å². The molecule has 2 aromatic heterocycles. The van der Waals surface area contributed by atoms with Crippen molar-refractivity contribution in [3.63, 3.8) is 0 Å². The average Bonchev–Trinajstić information content (AvgIpc) is 3.34. The molecule has 0 atom stereocenters. The maximum absolute atomic E-state index is 14.0. The van der Waals surface area contributed by atoms with Crippen LogP contribution in [0.25, 0.3) is 11.0 Å². The minimum Gasteiger partial charge on any atom is -0.451 e. The van der Waals surface area contributed by atoms with Crippen LogP contribution in [0.3, 0.4) is 0 Å². The van der Waals surface area contributed by atoms with Crippen LogP contribution in [0.15, 0.2) is 70.2 Å². The Morgan fingerprint density at radius 1 is 1.20 bits per heavy atom. The molecular weight excluding hydrogens is 401 g/mol. The van der Waals surface area contributed by atoms with Crippen molar-refractivity contribution in [2.75, 3.05) is 6.54 Å². The summed E-state index contributed by atoms with van der Waals surface area (Å²) >= 11 is 1.35. The van der Waals surface area contributed by atoms with Gasteiger partial charge in [0.05, 0.1) is 0 Å². The number of nitrogens with zero attached hydrogens (tertiary/aromatic N) is 2. The Kier molecular flexibility index (Phi) is 6.18. The number of fused-ring (bicyclic) bond motifs is 1. The lowest BCUT2D eigenvalue weighted by Gasteiger charge is -2.07. The zero-order valence-electron chi connectivity index (χ0n) is 16.6. The number of imidazole rings is 1. The van der Waals surface area contributed by atoms with Crippen molar-refractivity contribution < 1.29 is 13.6 Å². The summed E-state index contributed by atoms with van der Waals surface area (Å²) in [5, 5.41) is 3.82. The topological polar surface area (TPSA) is 60.1 Å². The van der Waals surface area contributed by atoms with Gasteiger partial charge in [0, 0.05) is 47.1 Å². The van der Waals surface area contributed by atoms with Crippen molar-refractivity contribution in [3.8, 4) is 0 Å². The Morgan fingerprint density at radius 3 is 2.80 bits per heavy atom. The number of para-hydroxylation sites is 1. The molecule has 4 aromatic rings. The number of furan rings is 1.